The molecule has 34 heavy (non-hydrogen) atoms. The van der Waals surface area contributed by atoms with E-state index < -0.39 is 23.1 Å². The number of piperazine rings is 1. The molecule has 182 valence electrons. The van der Waals surface area contributed by atoms with Gasteiger partial charge in [-0.05, 0) is 42.7 Å². The highest BCUT2D eigenvalue weighted by Crippen LogP contribution is 2.43. The normalized spacial score (nSPS) is 18.6. The highest BCUT2D eigenvalue weighted by atomic mass is 35.5. The Hall–Kier alpha value is -2.58. The molecular formula is C25H27ClF3N3O2. The van der Waals surface area contributed by atoms with Gasteiger partial charge >= 0.3 is 6.18 Å². The number of rotatable bonds is 5. The Morgan fingerprint density at radius 2 is 1.56 bits per heavy atom. The van der Waals surface area contributed by atoms with Crippen LogP contribution in [-0.2, 0) is 21.2 Å². The smallest absolute Gasteiger partial charge is 0.339 e. The first-order valence-electron chi connectivity index (χ1n) is 11.4. The second kappa shape index (κ2) is 9.96. The lowest BCUT2D eigenvalue weighted by Crippen LogP contribution is -2.54. The Labute approximate surface area is 201 Å². The van der Waals surface area contributed by atoms with Crippen LogP contribution in [0, 0.1) is 0 Å². The molecule has 9 heteroatoms. The summed E-state index contributed by atoms with van der Waals surface area (Å²) in [6.45, 7) is 1.88. The van der Waals surface area contributed by atoms with Gasteiger partial charge in [0.25, 0.3) is 0 Å². The molecule has 1 heterocycles. The molecule has 0 bridgehead atoms. The van der Waals surface area contributed by atoms with E-state index in [0.717, 1.165) is 37.3 Å². The summed E-state index contributed by atoms with van der Waals surface area (Å²) < 4.78 is 39.5. The van der Waals surface area contributed by atoms with Crippen molar-refractivity contribution in [1.82, 2.24) is 9.80 Å². The molecule has 0 aromatic heterocycles. The van der Waals surface area contributed by atoms with Crippen LogP contribution in [0.25, 0.3) is 0 Å². The van der Waals surface area contributed by atoms with Crippen molar-refractivity contribution in [1.29, 1.82) is 0 Å². The maximum absolute atomic E-state index is 13.6. The van der Waals surface area contributed by atoms with Gasteiger partial charge in [-0.25, -0.2) is 0 Å². The van der Waals surface area contributed by atoms with Crippen molar-refractivity contribution in [3.05, 3.63) is 64.7 Å². The van der Waals surface area contributed by atoms with Crippen LogP contribution in [0.5, 0.6) is 0 Å². The number of hydrogen-bond acceptors (Lipinski definition) is 3. The van der Waals surface area contributed by atoms with E-state index in [9.17, 15) is 22.8 Å². The monoisotopic (exact) mass is 493 g/mol. The summed E-state index contributed by atoms with van der Waals surface area (Å²) >= 11 is 6.04. The fourth-order valence-electron chi connectivity index (χ4n) is 5.02. The Kier molecular flexibility index (Phi) is 7.19. The van der Waals surface area contributed by atoms with E-state index >= 15 is 0 Å². The van der Waals surface area contributed by atoms with Crippen LogP contribution in [0.1, 0.15) is 36.8 Å². The number of amides is 2. The van der Waals surface area contributed by atoms with Crippen molar-refractivity contribution in [3.63, 3.8) is 0 Å². The van der Waals surface area contributed by atoms with Crippen molar-refractivity contribution < 1.29 is 22.8 Å². The van der Waals surface area contributed by atoms with Gasteiger partial charge in [0.2, 0.25) is 11.8 Å². The van der Waals surface area contributed by atoms with E-state index in [2.05, 4.69) is 5.32 Å². The molecular weight excluding hydrogens is 467 g/mol. The molecule has 1 saturated carbocycles. The molecule has 2 fully saturated rings. The third kappa shape index (κ3) is 5.23. The van der Waals surface area contributed by atoms with Crippen molar-refractivity contribution >= 4 is 29.1 Å². The van der Waals surface area contributed by atoms with Gasteiger partial charge in [-0.15, -0.1) is 0 Å². The zero-order valence-corrected chi connectivity index (χ0v) is 19.5. The third-order valence-corrected chi connectivity index (χ3v) is 7.05. The van der Waals surface area contributed by atoms with E-state index in [0.29, 0.717) is 31.2 Å². The van der Waals surface area contributed by atoms with Gasteiger partial charge in [0.15, 0.2) is 0 Å². The summed E-state index contributed by atoms with van der Waals surface area (Å²) in [4.78, 5) is 29.7. The molecule has 1 aliphatic heterocycles. The van der Waals surface area contributed by atoms with Crippen LogP contribution in [0.3, 0.4) is 0 Å². The summed E-state index contributed by atoms with van der Waals surface area (Å²) in [6, 6.07) is 12.4. The van der Waals surface area contributed by atoms with E-state index in [4.69, 9.17) is 11.6 Å². The SMILES string of the molecule is O=C(CN1CCN(C(=O)C2(c3ccc(Cl)cc3)CCCC2)CC1)Nc1ccccc1C(F)(F)F. The van der Waals surface area contributed by atoms with Crippen LogP contribution in [0.4, 0.5) is 18.9 Å². The van der Waals surface area contributed by atoms with Gasteiger partial charge in [-0.2, -0.15) is 13.2 Å². The van der Waals surface area contributed by atoms with E-state index in [1.54, 1.807) is 0 Å². The first kappa shape index (κ1) is 24.5. The van der Waals surface area contributed by atoms with Gasteiger partial charge < -0.3 is 10.2 Å². The lowest BCUT2D eigenvalue weighted by atomic mass is 9.77. The Morgan fingerprint density at radius 1 is 0.941 bits per heavy atom. The molecule has 2 aliphatic rings. The highest BCUT2D eigenvalue weighted by Gasteiger charge is 2.45. The summed E-state index contributed by atoms with van der Waals surface area (Å²) in [5.74, 6) is -0.402. The fourth-order valence-corrected chi connectivity index (χ4v) is 5.14. The first-order chi connectivity index (χ1) is 16.2. The lowest BCUT2D eigenvalue weighted by Gasteiger charge is -2.40. The Morgan fingerprint density at radius 3 is 2.18 bits per heavy atom. The predicted octanol–water partition coefficient (Wildman–Crippen LogP) is 4.95. The Bertz CT molecular complexity index is 1030. The standard InChI is InChI=1S/C25H27ClF3N3O2/c26-19-9-7-18(8-10-19)24(11-3-4-12-24)23(34)32-15-13-31(14-16-32)17-22(33)30-21-6-2-1-5-20(21)25(27,28)29/h1-2,5-10H,3-4,11-17H2,(H,30,33). The summed E-state index contributed by atoms with van der Waals surface area (Å²) in [5, 5.41) is 3.02. The predicted molar refractivity (Wildman–Crippen MR) is 125 cm³/mol. The third-order valence-electron chi connectivity index (χ3n) is 6.80. The van der Waals surface area contributed by atoms with Crippen LogP contribution in [0.15, 0.2) is 48.5 Å². The van der Waals surface area contributed by atoms with Gasteiger partial charge in [-0.1, -0.05) is 48.7 Å². The molecule has 2 amide bonds. The van der Waals surface area contributed by atoms with Crippen molar-refractivity contribution in [2.24, 2.45) is 0 Å². The van der Waals surface area contributed by atoms with Gasteiger partial charge in [0, 0.05) is 31.2 Å². The van der Waals surface area contributed by atoms with Crippen molar-refractivity contribution in [2.75, 3.05) is 38.0 Å². The van der Waals surface area contributed by atoms with Crippen molar-refractivity contribution in [2.45, 2.75) is 37.3 Å². The number of para-hydroxylation sites is 1. The molecule has 5 nitrogen and oxygen atoms in total. The molecule has 2 aromatic rings. The minimum Gasteiger partial charge on any atom is -0.339 e. The maximum atomic E-state index is 13.6. The van der Waals surface area contributed by atoms with Crippen LogP contribution in [-0.4, -0.2) is 54.3 Å². The number of carbonyl (C=O) groups is 2. The summed E-state index contributed by atoms with van der Waals surface area (Å²) in [6.07, 6.45) is -0.957. The molecule has 0 radical (unpaired) electrons. The number of halogens is 4. The number of nitrogens with one attached hydrogen (secondary N) is 1. The van der Waals surface area contributed by atoms with Crippen molar-refractivity contribution in [3.8, 4) is 0 Å². The largest absolute Gasteiger partial charge is 0.418 e. The average molecular weight is 494 g/mol. The average Bonchev–Trinajstić information content (AvgIpc) is 3.30. The number of benzene rings is 2. The molecule has 1 aliphatic carbocycles. The van der Waals surface area contributed by atoms with Crippen LogP contribution < -0.4 is 5.32 Å². The number of alkyl halides is 3. The minimum absolute atomic E-state index is 0.0312. The zero-order valence-electron chi connectivity index (χ0n) is 18.7. The highest BCUT2D eigenvalue weighted by molar-refractivity contribution is 6.30. The molecule has 2 aromatic carbocycles. The molecule has 1 saturated heterocycles. The van der Waals surface area contributed by atoms with E-state index in [1.807, 2.05) is 34.1 Å². The topological polar surface area (TPSA) is 52.7 Å². The molecule has 0 spiro atoms. The second-order valence-corrected chi connectivity index (χ2v) is 9.39. The van der Waals surface area contributed by atoms with Gasteiger partial charge in [-0.3, -0.25) is 14.5 Å². The number of hydrogen-bond donors (Lipinski definition) is 1. The minimum atomic E-state index is -4.55. The zero-order chi connectivity index (χ0) is 24.3. The molecule has 4 rings (SSSR count). The van der Waals surface area contributed by atoms with Gasteiger partial charge in [0.05, 0.1) is 23.2 Å². The molecule has 1 N–H and O–H groups in total. The van der Waals surface area contributed by atoms with E-state index in [1.165, 1.54) is 18.2 Å². The Balaban J connectivity index is 1.36. The fraction of sp³-hybridized carbons (Fsp3) is 0.440. The summed E-state index contributed by atoms with van der Waals surface area (Å²) in [7, 11) is 0. The molecule has 0 atom stereocenters. The first-order valence-corrected chi connectivity index (χ1v) is 11.8. The van der Waals surface area contributed by atoms with Gasteiger partial charge in [0.1, 0.15) is 0 Å². The number of nitrogens with zero attached hydrogens (tertiary/aromatic N) is 2. The second-order valence-electron chi connectivity index (χ2n) is 8.96. The lowest BCUT2D eigenvalue weighted by molar-refractivity contribution is -0.139. The summed E-state index contributed by atoms with van der Waals surface area (Å²) in [5.41, 5.74) is -0.668. The van der Waals surface area contributed by atoms with E-state index in [-0.39, 0.29) is 18.1 Å². The van der Waals surface area contributed by atoms with Crippen LogP contribution >= 0.6 is 11.6 Å². The number of carbonyl (C=O) groups excluding carboxylic acids is 2. The quantitative estimate of drug-likeness (QED) is 0.641. The molecule has 0 unspecified atom stereocenters. The number of anilines is 1. The van der Waals surface area contributed by atoms with Crippen LogP contribution in [0.2, 0.25) is 5.02 Å². The maximum Gasteiger partial charge on any atom is 0.418 e.